The molecule has 1 aliphatic heterocycles. The van der Waals surface area contributed by atoms with Crippen LogP contribution in [0, 0.1) is 11.6 Å². The molecule has 0 fully saturated rings. The minimum absolute atomic E-state index is 0.194. The van der Waals surface area contributed by atoms with Crippen molar-refractivity contribution >= 4 is 22.6 Å². The van der Waals surface area contributed by atoms with Crippen molar-refractivity contribution in [2.45, 2.75) is 25.4 Å². The summed E-state index contributed by atoms with van der Waals surface area (Å²) in [6.45, 7) is 0.425. The van der Waals surface area contributed by atoms with E-state index in [9.17, 15) is 8.78 Å². The molecule has 10 heteroatoms. The molecule has 4 aromatic rings. The van der Waals surface area contributed by atoms with E-state index in [2.05, 4.69) is 4.98 Å². The van der Waals surface area contributed by atoms with Crippen LogP contribution in [0.15, 0.2) is 72.7 Å². The molecule has 2 atom stereocenters. The van der Waals surface area contributed by atoms with Crippen LogP contribution in [0.1, 0.15) is 23.1 Å². The van der Waals surface area contributed by atoms with E-state index in [4.69, 9.17) is 28.2 Å². The van der Waals surface area contributed by atoms with Gasteiger partial charge in [0.05, 0.1) is 23.6 Å². The van der Waals surface area contributed by atoms with Crippen LogP contribution < -0.4 is 11.5 Å². The molecule has 0 amide bonds. The molecule has 1 aliphatic rings. The van der Waals surface area contributed by atoms with Gasteiger partial charge >= 0.3 is 0 Å². The summed E-state index contributed by atoms with van der Waals surface area (Å²) in [6.07, 6.45) is 1.98. The minimum Gasteiger partial charge on any atom is -0.385 e. The Labute approximate surface area is 206 Å². The Balaban J connectivity index is 1.63. The second kappa shape index (κ2) is 9.26. The Bertz CT molecular complexity index is 1400. The van der Waals surface area contributed by atoms with Gasteiger partial charge in [0, 0.05) is 24.1 Å². The third-order valence-corrected chi connectivity index (χ3v) is 6.42. The maximum atomic E-state index is 14.4. The lowest BCUT2D eigenvalue weighted by Gasteiger charge is -2.44. The predicted molar refractivity (Wildman–Crippen MR) is 131 cm³/mol. The fourth-order valence-corrected chi connectivity index (χ4v) is 4.46. The molecule has 2 unspecified atom stereocenters. The number of hydrogen-bond acceptors (Lipinski definition) is 6. The summed E-state index contributed by atoms with van der Waals surface area (Å²) in [6, 6.07) is 15.3. The van der Waals surface area contributed by atoms with E-state index < -0.39 is 18.3 Å². The molecule has 180 valence electrons. The van der Waals surface area contributed by atoms with Gasteiger partial charge in [0.25, 0.3) is 0 Å². The van der Waals surface area contributed by atoms with Crippen molar-refractivity contribution in [3.8, 4) is 0 Å². The number of hydrogen-bond donors (Lipinski definition) is 2. The zero-order chi connectivity index (χ0) is 24.7. The first-order chi connectivity index (χ1) is 16.8. The second-order valence-electron chi connectivity index (χ2n) is 8.53. The minimum atomic E-state index is -0.592. The molecule has 0 radical (unpaired) electrons. The van der Waals surface area contributed by atoms with Crippen molar-refractivity contribution in [1.82, 2.24) is 24.6 Å². The van der Waals surface area contributed by atoms with Gasteiger partial charge in [-0.3, -0.25) is 0 Å². The first-order valence-corrected chi connectivity index (χ1v) is 11.4. The van der Waals surface area contributed by atoms with Crippen molar-refractivity contribution in [1.29, 1.82) is 0 Å². The number of pyridine rings is 1. The summed E-state index contributed by atoms with van der Waals surface area (Å²) in [4.78, 5) is 8.08. The monoisotopic (exact) mass is 495 g/mol. The third kappa shape index (κ3) is 4.45. The maximum absolute atomic E-state index is 14.4. The molecule has 7 nitrogen and oxygen atoms in total. The first kappa shape index (κ1) is 23.2. The molecule has 2 aromatic heterocycles. The molecule has 0 bridgehead atoms. The van der Waals surface area contributed by atoms with E-state index in [1.165, 1.54) is 12.1 Å². The molecule has 4 N–H and O–H groups in total. The van der Waals surface area contributed by atoms with Crippen LogP contribution in [0.3, 0.4) is 0 Å². The fraction of sp³-hybridized carbons (Fsp3) is 0.200. The Kier molecular flexibility index (Phi) is 6.14. The van der Waals surface area contributed by atoms with Gasteiger partial charge in [0.1, 0.15) is 23.0 Å². The van der Waals surface area contributed by atoms with Crippen LogP contribution in [-0.4, -0.2) is 37.8 Å². The average molecular weight is 496 g/mol. The van der Waals surface area contributed by atoms with Crippen LogP contribution in [0.5, 0.6) is 0 Å². The van der Waals surface area contributed by atoms with Gasteiger partial charge < -0.3 is 16.4 Å². The standard InChI is InChI=1S/C25H24ClF2N7/c1-33-22(29)12-23(30)34(14-15-6-8-17(26)9-7-15)25(33)35-21-11-18(27)13-31-24(21)20(32-35)10-16-4-2-3-5-19(16)28/h2-9,11-13,22,25H,10,14,29-30H2,1H3. The average Bonchev–Trinajstić information content (AvgIpc) is 3.17. The Morgan fingerprint density at radius 1 is 1.09 bits per heavy atom. The molecular formula is C25H24ClF2N7. The topological polar surface area (TPSA) is 89.2 Å². The van der Waals surface area contributed by atoms with Gasteiger partial charge in [-0.1, -0.05) is 41.9 Å². The normalized spacial score (nSPS) is 18.8. The Morgan fingerprint density at radius 2 is 1.83 bits per heavy atom. The Morgan fingerprint density at radius 3 is 2.57 bits per heavy atom. The summed E-state index contributed by atoms with van der Waals surface area (Å²) in [5.41, 5.74) is 15.7. The lowest BCUT2D eigenvalue weighted by molar-refractivity contribution is -0.0147. The number of nitrogens with zero attached hydrogens (tertiary/aromatic N) is 5. The van der Waals surface area contributed by atoms with Crippen molar-refractivity contribution in [2.24, 2.45) is 11.5 Å². The molecule has 0 aliphatic carbocycles. The highest BCUT2D eigenvalue weighted by molar-refractivity contribution is 6.30. The van der Waals surface area contributed by atoms with E-state index in [-0.39, 0.29) is 12.2 Å². The van der Waals surface area contributed by atoms with Crippen LogP contribution in [0.4, 0.5) is 8.78 Å². The zero-order valence-corrected chi connectivity index (χ0v) is 19.7. The number of rotatable bonds is 5. The van der Waals surface area contributed by atoms with Crippen molar-refractivity contribution in [3.05, 3.63) is 106 Å². The van der Waals surface area contributed by atoms with E-state index in [0.717, 1.165) is 11.8 Å². The molecule has 0 spiro atoms. The highest BCUT2D eigenvalue weighted by atomic mass is 35.5. The highest BCUT2D eigenvalue weighted by Crippen LogP contribution is 2.32. The predicted octanol–water partition coefficient (Wildman–Crippen LogP) is 3.94. The van der Waals surface area contributed by atoms with Gasteiger partial charge in [-0.2, -0.15) is 5.10 Å². The number of fused-ring (bicyclic) bond motifs is 1. The number of nitrogens with two attached hydrogens (primary N) is 2. The van der Waals surface area contributed by atoms with Gasteiger partial charge in [-0.15, -0.1) is 0 Å². The van der Waals surface area contributed by atoms with E-state index in [1.807, 2.05) is 29.0 Å². The smallest absolute Gasteiger partial charge is 0.183 e. The molecular weight excluding hydrogens is 472 g/mol. The fourth-order valence-electron chi connectivity index (χ4n) is 4.33. The van der Waals surface area contributed by atoms with Crippen molar-refractivity contribution in [2.75, 3.05) is 7.05 Å². The highest BCUT2D eigenvalue weighted by Gasteiger charge is 2.35. The summed E-state index contributed by atoms with van der Waals surface area (Å²) in [7, 11) is 1.84. The number of benzene rings is 2. The number of likely N-dealkylation sites (N-methyl/N-ethyl adjacent to an activating group) is 1. The molecule has 0 saturated carbocycles. The van der Waals surface area contributed by atoms with Crippen molar-refractivity contribution < 1.29 is 8.78 Å². The third-order valence-electron chi connectivity index (χ3n) is 6.17. The van der Waals surface area contributed by atoms with Gasteiger partial charge in [0.2, 0.25) is 0 Å². The SMILES string of the molecule is CN1C(N)C=C(N)N(Cc2ccc(Cl)cc2)C1n1nc(Cc2ccccc2F)c2ncc(F)cc21. The van der Waals surface area contributed by atoms with Crippen molar-refractivity contribution in [3.63, 3.8) is 0 Å². The lowest BCUT2D eigenvalue weighted by Crippen LogP contribution is -2.54. The molecule has 35 heavy (non-hydrogen) atoms. The van der Waals surface area contributed by atoms with E-state index in [1.54, 1.807) is 41.1 Å². The van der Waals surface area contributed by atoms with E-state index in [0.29, 0.717) is 39.7 Å². The van der Waals surface area contributed by atoms with Crippen LogP contribution >= 0.6 is 11.6 Å². The Hall–Kier alpha value is -3.53. The van der Waals surface area contributed by atoms with Crippen LogP contribution in [0.2, 0.25) is 5.02 Å². The summed E-state index contributed by atoms with van der Waals surface area (Å²) < 4.78 is 30.4. The molecule has 5 rings (SSSR count). The van der Waals surface area contributed by atoms with Crippen LogP contribution in [0.25, 0.3) is 11.0 Å². The first-order valence-electron chi connectivity index (χ1n) is 11.0. The van der Waals surface area contributed by atoms with Gasteiger partial charge in [-0.05, 0) is 42.4 Å². The summed E-state index contributed by atoms with van der Waals surface area (Å²) in [5, 5.41) is 5.42. The lowest BCUT2D eigenvalue weighted by atomic mass is 10.1. The van der Waals surface area contributed by atoms with Gasteiger partial charge in [-0.25, -0.2) is 23.3 Å². The number of halogens is 3. The maximum Gasteiger partial charge on any atom is 0.183 e. The molecule has 3 heterocycles. The summed E-state index contributed by atoms with van der Waals surface area (Å²) in [5.74, 6) is -0.392. The molecule has 2 aromatic carbocycles. The quantitative estimate of drug-likeness (QED) is 0.436. The van der Waals surface area contributed by atoms with Gasteiger partial charge in [0.15, 0.2) is 6.29 Å². The second-order valence-corrected chi connectivity index (χ2v) is 8.97. The summed E-state index contributed by atoms with van der Waals surface area (Å²) >= 11 is 6.05. The zero-order valence-electron chi connectivity index (χ0n) is 18.9. The van der Waals surface area contributed by atoms with E-state index >= 15 is 0 Å². The van der Waals surface area contributed by atoms with Crippen LogP contribution in [-0.2, 0) is 13.0 Å². The molecule has 0 saturated heterocycles. The largest absolute Gasteiger partial charge is 0.385 e. The number of aromatic nitrogens is 3.